The van der Waals surface area contributed by atoms with E-state index >= 15 is 0 Å². The molecule has 2 saturated heterocycles. The van der Waals surface area contributed by atoms with Gasteiger partial charge in [0.1, 0.15) is 39.3 Å². The molecule has 0 saturated carbocycles. The van der Waals surface area contributed by atoms with Gasteiger partial charge in [-0.2, -0.15) is 0 Å². The molecular weight excluding hydrogens is 360 g/mol. The first-order valence-electron chi connectivity index (χ1n) is 6.91. The second-order valence-corrected chi connectivity index (χ2v) is 13.7. The Bertz CT molecular complexity index is 562. The van der Waals surface area contributed by atoms with Crippen molar-refractivity contribution in [3.05, 3.63) is 48.6 Å². The van der Waals surface area contributed by atoms with Crippen molar-refractivity contribution < 1.29 is 16.8 Å². The lowest BCUT2D eigenvalue weighted by molar-refractivity contribution is 0.678. The van der Waals surface area contributed by atoms with E-state index in [1.807, 2.05) is 48.6 Å². The van der Waals surface area contributed by atoms with E-state index in [-0.39, 0.29) is 21.0 Å². The van der Waals surface area contributed by atoms with Gasteiger partial charge >= 0.3 is 0 Å². The van der Waals surface area contributed by atoms with E-state index in [1.54, 1.807) is 0 Å². The van der Waals surface area contributed by atoms with Crippen LogP contribution in [0.25, 0.3) is 0 Å². The molecule has 0 N–H and O–H groups in total. The fourth-order valence-electron chi connectivity index (χ4n) is 2.58. The molecule has 0 aromatic rings. The van der Waals surface area contributed by atoms with Crippen LogP contribution in [0, 0.1) is 0 Å². The average Bonchev–Trinajstić information content (AvgIpc) is 2.86. The molecule has 2 aliphatic carbocycles. The zero-order valence-electron chi connectivity index (χ0n) is 11.6. The lowest BCUT2D eigenvalue weighted by Crippen LogP contribution is -2.06. The highest BCUT2D eigenvalue weighted by molar-refractivity contribution is 8.62. The van der Waals surface area contributed by atoms with Crippen LogP contribution in [-0.2, 0) is 39.3 Å². The van der Waals surface area contributed by atoms with E-state index in [0.29, 0.717) is 0 Å². The van der Waals surface area contributed by atoms with Crippen LogP contribution in [0.2, 0.25) is 0 Å². The predicted octanol–water partition coefficient (Wildman–Crippen LogP) is 1.33. The number of hydrogen-bond donors (Lipinski definition) is 0. The summed E-state index contributed by atoms with van der Waals surface area (Å²) in [4.78, 5) is 0. The van der Waals surface area contributed by atoms with Crippen molar-refractivity contribution in [1.82, 2.24) is 0 Å². The molecule has 4 rings (SSSR count). The highest BCUT2D eigenvalue weighted by atomic mass is 33.1. The highest BCUT2D eigenvalue weighted by Crippen LogP contribution is 2.28. The van der Waals surface area contributed by atoms with Gasteiger partial charge in [-0.25, -0.2) is 16.8 Å². The van der Waals surface area contributed by atoms with Crippen LogP contribution in [0.15, 0.2) is 48.6 Å². The Labute approximate surface area is 138 Å². The van der Waals surface area contributed by atoms with Crippen molar-refractivity contribution >= 4 is 39.3 Å². The molecule has 0 spiro atoms. The van der Waals surface area contributed by atoms with Gasteiger partial charge in [0, 0.05) is 0 Å². The standard InChI is InChI=1S/2C7H8O2S2/c2*8-10-6-3-1-2-4-7(5-6)11(10)9/h2*1-4,6-7H,5H2/t2*6-,7+,10-,11+. The maximum absolute atomic E-state index is 11.3. The van der Waals surface area contributed by atoms with Crippen LogP contribution >= 0.6 is 0 Å². The molecule has 2 fully saturated rings. The Kier molecular flexibility index (Phi) is 5.21. The zero-order chi connectivity index (χ0) is 15.7. The summed E-state index contributed by atoms with van der Waals surface area (Å²) in [6.07, 6.45) is 16.7. The summed E-state index contributed by atoms with van der Waals surface area (Å²) in [6, 6.07) is 0. The number of hydrogen-bond acceptors (Lipinski definition) is 4. The molecule has 4 nitrogen and oxygen atoms in total. The van der Waals surface area contributed by atoms with Crippen molar-refractivity contribution in [2.75, 3.05) is 0 Å². The summed E-state index contributed by atoms with van der Waals surface area (Å²) in [7, 11) is -4.60. The molecule has 0 aromatic heterocycles. The normalized spacial score (nSPS) is 47.6. The van der Waals surface area contributed by atoms with Crippen LogP contribution in [0.5, 0.6) is 0 Å². The third kappa shape index (κ3) is 3.25. The zero-order valence-corrected chi connectivity index (χ0v) is 14.9. The fourth-order valence-corrected chi connectivity index (χ4v) is 10.8. The van der Waals surface area contributed by atoms with E-state index in [2.05, 4.69) is 0 Å². The minimum Gasteiger partial charge on any atom is -0.245 e. The maximum Gasteiger partial charge on any atom is 0.118 e. The first-order valence-corrected chi connectivity index (χ1v) is 12.8. The minimum atomic E-state index is -1.15. The van der Waals surface area contributed by atoms with Crippen LogP contribution < -0.4 is 0 Å². The van der Waals surface area contributed by atoms with Gasteiger partial charge in [0.2, 0.25) is 0 Å². The van der Waals surface area contributed by atoms with Gasteiger partial charge in [0.25, 0.3) is 0 Å². The molecule has 0 amide bonds. The Hall–Kier alpha value is -0.440. The Morgan fingerprint density at radius 2 is 0.727 bits per heavy atom. The topological polar surface area (TPSA) is 68.3 Å². The second-order valence-electron chi connectivity index (χ2n) is 5.21. The molecule has 0 unspecified atom stereocenters. The maximum atomic E-state index is 11.3. The Morgan fingerprint density at radius 3 is 0.955 bits per heavy atom. The number of allylic oxidation sites excluding steroid dienone is 4. The smallest absolute Gasteiger partial charge is 0.118 e. The van der Waals surface area contributed by atoms with E-state index in [1.165, 1.54) is 0 Å². The quantitative estimate of drug-likeness (QED) is 0.598. The van der Waals surface area contributed by atoms with Crippen molar-refractivity contribution in [1.29, 1.82) is 0 Å². The lowest BCUT2D eigenvalue weighted by Gasteiger charge is -1.96. The molecule has 2 heterocycles. The van der Waals surface area contributed by atoms with Crippen molar-refractivity contribution in [3.63, 3.8) is 0 Å². The van der Waals surface area contributed by atoms with Gasteiger partial charge in [-0.3, -0.25) is 0 Å². The van der Waals surface area contributed by atoms with Gasteiger partial charge in [0.05, 0.1) is 21.0 Å². The molecule has 22 heavy (non-hydrogen) atoms. The van der Waals surface area contributed by atoms with E-state index in [4.69, 9.17) is 0 Å². The summed E-state index contributed by atoms with van der Waals surface area (Å²) >= 11 is 0. The summed E-state index contributed by atoms with van der Waals surface area (Å²) in [5, 5.41) is 0.0957. The summed E-state index contributed by atoms with van der Waals surface area (Å²) in [5.74, 6) is 0. The van der Waals surface area contributed by atoms with Gasteiger partial charge in [-0.1, -0.05) is 48.6 Å². The number of rotatable bonds is 0. The third-order valence-electron chi connectivity index (χ3n) is 3.77. The van der Waals surface area contributed by atoms with Crippen molar-refractivity contribution in [2.45, 2.75) is 33.8 Å². The highest BCUT2D eigenvalue weighted by Gasteiger charge is 2.37. The van der Waals surface area contributed by atoms with Gasteiger partial charge in [-0.05, 0) is 12.8 Å². The molecule has 2 aliphatic heterocycles. The van der Waals surface area contributed by atoms with Crippen LogP contribution in [0.4, 0.5) is 0 Å². The minimum absolute atomic E-state index is 0.0239. The van der Waals surface area contributed by atoms with Crippen molar-refractivity contribution in [2.24, 2.45) is 0 Å². The largest absolute Gasteiger partial charge is 0.245 e. The number of fused-ring (bicyclic) bond motifs is 4. The summed E-state index contributed by atoms with van der Waals surface area (Å²) < 4.78 is 45.1. The lowest BCUT2D eigenvalue weighted by atomic mass is 10.2. The van der Waals surface area contributed by atoms with Gasteiger partial charge in [0.15, 0.2) is 0 Å². The van der Waals surface area contributed by atoms with Crippen molar-refractivity contribution in [3.8, 4) is 0 Å². The van der Waals surface area contributed by atoms with Gasteiger partial charge < -0.3 is 0 Å². The molecule has 4 aliphatic rings. The Morgan fingerprint density at radius 1 is 0.500 bits per heavy atom. The van der Waals surface area contributed by atoms with Gasteiger partial charge in [-0.15, -0.1) is 0 Å². The summed E-state index contributed by atoms with van der Waals surface area (Å²) in [6.45, 7) is 0. The van der Waals surface area contributed by atoms with E-state index < -0.39 is 39.3 Å². The van der Waals surface area contributed by atoms with E-state index in [0.717, 1.165) is 12.8 Å². The Balaban J connectivity index is 0.000000131. The molecule has 120 valence electrons. The molecular formula is C14H16O4S4. The third-order valence-corrected chi connectivity index (χ3v) is 12.7. The van der Waals surface area contributed by atoms with Crippen LogP contribution in [0.1, 0.15) is 12.8 Å². The summed E-state index contributed by atoms with van der Waals surface area (Å²) in [5.41, 5.74) is 0. The van der Waals surface area contributed by atoms with Crippen LogP contribution in [0.3, 0.4) is 0 Å². The fraction of sp³-hybridized carbons (Fsp3) is 0.429. The first kappa shape index (κ1) is 16.4. The molecule has 8 heteroatoms. The average molecular weight is 377 g/mol. The molecule has 0 radical (unpaired) electrons. The molecule has 0 aromatic carbocycles. The molecule has 4 bridgehead atoms. The predicted molar refractivity (Wildman–Crippen MR) is 93.5 cm³/mol. The second kappa shape index (κ2) is 6.98. The van der Waals surface area contributed by atoms with E-state index in [9.17, 15) is 16.8 Å². The monoisotopic (exact) mass is 376 g/mol. The van der Waals surface area contributed by atoms with Crippen LogP contribution in [-0.4, -0.2) is 37.8 Å². The first-order chi connectivity index (χ1) is 10.6. The SMILES string of the molecule is O=[S@@]1[C@H]2C=CC=C[C@H](C2)[S@@]1=O.O=[S@@]1[C@H]2C=CC=C[C@H](C2)[S@@]1=O. The molecule has 8 atom stereocenters.